The van der Waals surface area contributed by atoms with E-state index in [-0.39, 0.29) is 5.91 Å². The number of rotatable bonds is 2. The van der Waals surface area contributed by atoms with Gasteiger partial charge in [0.25, 0.3) is 5.91 Å². The summed E-state index contributed by atoms with van der Waals surface area (Å²) in [5.41, 5.74) is 1.23. The zero-order chi connectivity index (χ0) is 14.8. The number of carbonyl (C=O) groups excluding carboxylic acids is 1. The van der Waals surface area contributed by atoms with Gasteiger partial charge in [-0.05, 0) is 47.9 Å². The number of hydrogen-bond acceptors (Lipinski definition) is 3. The summed E-state index contributed by atoms with van der Waals surface area (Å²) in [5, 5.41) is 11.7. The van der Waals surface area contributed by atoms with E-state index < -0.39 is 0 Å². The lowest BCUT2D eigenvalue weighted by Crippen LogP contribution is -2.37. The first-order chi connectivity index (χ1) is 10.1. The standard InChI is InChI=1S/C16H16ClNO2S/c17-14-7-10-21-15(14)16(20)18-8-5-12(6-9-18)11-1-3-13(19)4-2-11/h1-4,7,10,12,19H,5-6,8-9H2. The van der Waals surface area contributed by atoms with Gasteiger partial charge in [-0.25, -0.2) is 0 Å². The van der Waals surface area contributed by atoms with Crippen LogP contribution in [0.15, 0.2) is 35.7 Å². The van der Waals surface area contributed by atoms with E-state index in [1.807, 2.05) is 22.4 Å². The van der Waals surface area contributed by atoms with Gasteiger partial charge in [-0.2, -0.15) is 0 Å². The van der Waals surface area contributed by atoms with Crippen molar-refractivity contribution in [1.29, 1.82) is 0 Å². The normalized spacial score (nSPS) is 16.1. The Kier molecular flexibility index (Phi) is 4.17. The third kappa shape index (κ3) is 3.06. The summed E-state index contributed by atoms with van der Waals surface area (Å²) in [5.74, 6) is 0.784. The van der Waals surface area contributed by atoms with Gasteiger partial charge in [0, 0.05) is 13.1 Å². The summed E-state index contributed by atoms with van der Waals surface area (Å²) in [4.78, 5) is 14.9. The van der Waals surface area contributed by atoms with Crippen LogP contribution >= 0.6 is 22.9 Å². The number of carbonyl (C=O) groups is 1. The van der Waals surface area contributed by atoms with Crippen LogP contribution in [0.2, 0.25) is 5.02 Å². The molecule has 1 fully saturated rings. The molecule has 1 aromatic heterocycles. The van der Waals surface area contributed by atoms with Crippen LogP contribution < -0.4 is 0 Å². The van der Waals surface area contributed by atoms with Gasteiger partial charge in [0.2, 0.25) is 0 Å². The first-order valence-corrected chi connectivity index (χ1v) is 8.22. The maximum absolute atomic E-state index is 12.4. The van der Waals surface area contributed by atoms with E-state index in [0.717, 1.165) is 25.9 Å². The molecule has 5 heteroatoms. The molecule has 2 heterocycles. The van der Waals surface area contributed by atoms with Crippen molar-refractivity contribution < 1.29 is 9.90 Å². The highest BCUT2D eigenvalue weighted by Gasteiger charge is 2.26. The molecule has 1 aromatic carbocycles. The molecule has 1 saturated heterocycles. The molecule has 0 bridgehead atoms. The van der Waals surface area contributed by atoms with E-state index in [2.05, 4.69) is 0 Å². The molecule has 0 spiro atoms. The molecule has 3 nitrogen and oxygen atoms in total. The number of amides is 1. The Morgan fingerprint density at radius 1 is 1.19 bits per heavy atom. The highest BCUT2D eigenvalue weighted by molar-refractivity contribution is 7.12. The van der Waals surface area contributed by atoms with Gasteiger partial charge in [0.05, 0.1) is 5.02 Å². The van der Waals surface area contributed by atoms with Crippen molar-refractivity contribution in [1.82, 2.24) is 4.90 Å². The Hall–Kier alpha value is -1.52. The number of phenols is 1. The molecule has 0 unspecified atom stereocenters. The van der Waals surface area contributed by atoms with Crippen LogP contribution in [-0.2, 0) is 0 Å². The smallest absolute Gasteiger partial charge is 0.265 e. The molecule has 1 aliphatic heterocycles. The van der Waals surface area contributed by atoms with E-state index in [1.54, 1.807) is 18.2 Å². The van der Waals surface area contributed by atoms with Gasteiger partial charge in [-0.1, -0.05) is 23.7 Å². The van der Waals surface area contributed by atoms with Gasteiger partial charge < -0.3 is 10.0 Å². The SMILES string of the molecule is O=C(c1sccc1Cl)N1CCC(c2ccc(O)cc2)CC1. The molecule has 0 aliphatic carbocycles. The first kappa shape index (κ1) is 14.4. The predicted molar refractivity (Wildman–Crippen MR) is 85.3 cm³/mol. The lowest BCUT2D eigenvalue weighted by atomic mass is 9.89. The number of aromatic hydroxyl groups is 1. The van der Waals surface area contributed by atoms with Crippen molar-refractivity contribution in [2.24, 2.45) is 0 Å². The molecule has 3 rings (SSSR count). The maximum Gasteiger partial charge on any atom is 0.265 e. The van der Waals surface area contributed by atoms with Crippen molar-refractivity contribution >= 4 is 28.8 Å². The minimum absolute atomic E-state index is 0.0409. The number of nitrogens with zero attached hydrogens (tertiary/aromatic N) is 1. The molecule has 2 aromatic rings. The highest BCUT2D eigenvalue weighted by Crippen LogP contribution is 2.31. The number of benzene rings is 1. The number of hydrogen-bond donors (Lipinski definition) is 1. The van der Waals surface area contributed by atoms with Crippen molar-refractivity contribution in [3.63, 3.8) is 0 Å². The summed E-state index contributed by atoms with van der Waals surface area (Å²) < 4.78 is 0. The topological polar surface area (TPSA) is 40.5 Å². The molecule has 110 valence electrons. The van der Waals surface area contributed by atoms with Gasteiger partial charge in [-0.3, -0.25) is 4.79 Å². The third-order valence-corrected chi connectivity index (χ3v) is 5.29. The van der Waals surface area contributed by atoms with Crippen LogP contribution in [0.5, 0.6) is 5.75 Å². The first-order valence-electron chi connectivity index (χ1n) is 6.96. The number of thiophene rings is 1. The van der Waals surface area contributed by atoms with Crippen LogP contribution in [0.4, 0.5) is 0 Å². The van der Waals surface area contributed by atoms with E-state index >= 15 is 0 Å². The summed E-state index contributed by atoms with van der Waals surface area (Å²) in [6.07, 6.45) is 1.89. The van der Waals surface area contributed by atoms with Crippen molar-refractivity contribution in [3.8, 4) is 5.75 Å². The molecule has 1 aliphatic rings. The van der Waals surface area contributed by atoms with Gasteiger partial charge >= 0.3 is 0 Å². The summed E-state index contributed by atoms with van der Waals surface area (Å²) >= 11 is 7.43. The number of halogens is 1. The van der Waals surface area contributed by atoms with Crippen LogP contribution in [0.25, 0.3) is 0 Å². The van der Waals surface area contributed by atoms with Crippen LogP contribution in [0.3, 0.4) is 0 Å². The number of phenolic OH excluding ortho intramolecular Hbond substituents is 1. The predicted octanol–water partition coefficient (Wildman–Crippen LogP) is 4.13. The third-order valence-electron chi connectivity index (χ3n) is 3.96. The Morgan fingerprint density at radius 3 is 2.43 bits per heavy atom. The largest absolute Gasteiger partial charge is 0.508 e. The molecule has 0 radical (unpaired) electrons. The summed E-state index contributed by atoms with van der Waals surface area (Å²) in [7, 11) is 0. The molecule has 0 saturated carbocycles. The van der Waals surface area contributed by atoms with Gasteiger partial charge in [0.15, 0.2) is 0 Å². The lowest BCUT2D eigenvalue weighted by Gasteiger charge is -2.32. The fraction of sp³-hybridized carbons (Fsp3) is 0.312. The second-order valence-corrected chi connectivity index (χ2v) is 6.58. The second-order valence-electron chi connectivity index (χ2n) is 5.26. The van der Waals surface area contributed by atoms with E-state index in [9.17, 15) is 9.90 Å². The van der Waals surface area contributed by atoms with Crippen LogP contribution in [0.1, 0.15) is 34.0 Å². The summed E-state index contributed by atoms with van der Waals surface area (Å²) in [6.45, 7) is 1.50. The van der Waals surface area contributed by atoms with E-state index in [1.165, 1.54) is 16.9 Å². The monoisotopic (exact) mass is 321 g/mol. The molecule has 21 heavy (non-hydrogen) atoms. The van der Waals surface area contributed by atoms with Gasteiger partial charge in [0.1, 0.15) is 10.6 Å². The van der Waals surface area contributed by atoms with Crippen LogP contribution in [-0.4, -0.2) is 29.0 Å². The van der Waals surface area contributed by atoms with Crippen LogP contribution in [0, 0.1) is 0 Å². The van der Waals surface area contributed by atoms with Crippen molar-refractivity contribution in [2.75, 3.05) is 13.1 Å². The molecule has 1 amide bonds. The molecule has 0 atom stereocenters. The fourth-order valence-electron chi connectivity index (χ4n) is 2.75. The number of piperidine rings is 1. The van der Waals surface area contributed by atoms with E-state index in [0.29, 0.717) is 21.6 Å². The Bertz CT molecular complexity index is 630. The average Bonchev–Trinajstić information content (AvgIpc) is 2.94. The Morgan fingerprint density at radius 2 is 1.86 bits per heavy atom. The zero-order valence-corrected chi connectivity index (χ0v) is 13.0. The molecular formula is C16H16ClNO2S. The second kappa shape index (κ2) is 6.08. The maximum atomic E-state index is 12.4. The fourth-order valence-corrected chi connectivity index (χ4v) is 3.86. The average molecular weight is 322 g/mol. The number of likely N-dealkylation sites (tertiary alicyclic amines) is 1. The minimum atomic E-state index is 0.0409. The quantitative estimate of drug-likeness (QED) is 0.903. The lowest BCUT2D eigenvalue weighted by molar-refractivity contribution is 0.0718. The van der Waals surface area contributed by atoms with Crippen molar-refractivity contribution in [2.45, 2.75) is 18.8 Å². The Labute approximate surface area is 132 Å². The van der Waals surface area contributed by atoms with E-state index in [4.69, 9.17) is 11.6 Å². The summed E-state index contributed by atoms with van der Waals surface area (Å²) in [6, 6.07) is 9.14. The highest BCUT2D eigenvalue weighted by atomic mass is 35.5. The van der Waals surface area contributed by atoms with Crippen molar-refractivity contribution in [3.05, 3.63) is 51.2 Å². The minimum Gasteiger partial charge on any atom is -0.508 e. The molecular weight excluding hydrogens is 306 g/mol. The Balaban J connectivity index is 1.64. The molecule has 1 N–H and O–H groups in total. The van der Waals surface area contributed by atoms with Gasteiger partial charge in [-0.15, -0.1) is 11.3 Å². The zero-order valence-electron chi connectivity index (χ0n) is 11.5.